The predicted molar refractivity (Wildman–Crippen MR) is 90.4 cm³/mol. The summed E-state index contributed by atoms with van der Waals surface area (Å²) in [6.45, 7) is 8.47. The number of nitrogens with zero attached hydrogens (tertiary/aromatic N) is 2. The highest BCUT2D eigenvalue weighted by atomic mass is 32.1. The van der Waals surface area contributed by atoms with Crippen molar-refractivity contribution in [2.45, 2.75) is 20.4 Å². The molecule has 0 atom stereocenters. The van der Waals surface area contributed by atoms with E-state index in [0.29, 0.717) is 13.1 Å². The zero-order chi connectivity index (χ0) is 16.3. The van der Waals surface area contributed by atoms with E-state index in [0.717, 1.165) is 10.6 Å². The van der Waals surface area contributed by atoms with E-state index in [4.69, 9.17) is 0 Å². The molecule has 2 rings (SSSR count). The highest BCUT2D eigenvalue weighted by Crippen LogP contribution is 2.18. The molecule has 0 fully saturated rings. The van der Waals surface area contributed by atoms with Crippen LogP contribution in [0.1, 0.15) is 25.8 Å². The van der Waals surface area contributed by atoms with Gasteiger partial charge in [-0.25, -0.2) is 0 Å². The van der Waals surface area contributed by atoms with E-state index in [2.05, 4.69) is 6.58 Å². The fourth-order valence-electron chi connectivity index (χ4n) is 2.19. The van der Waals surface area contributed by atoms with Crippen LogP contribution in [0.25, 0.3) is 0 Å². The number of pyridine rings is 1. The summed E-state index contributed by atoms with van der Waals surface area (Å²) in [6, 6.07) is 5.53. The van der Waals surface area contributed by atoms with Gasteiger partial charge in [0, 0.05) is 41.3 Å². The number of carbonyl (C=O) groups excluding carboxylic acids is 1. The van der Waals surface area contributed by atoms with Crippen LogP contribution in [0.15, 0.2) is 41.8 Å². The van der Waals surface area contributed by atoms with Gasteiger partial charge in [-0.15, -0.1) is 17.9 Å². The van der Waals surface area contributed by atoms with Gasteiger partial charge in [0.1, 0.15) is 5.56 Å². The minimum atomic E-state index is -0.258. The molecule has 0 saturated heterocycles. The zero-order valence-electron chi connectivity index (χ0n) is 13.1. The maximum atomic E-state index is 12.7. The van der Waals surface area contributed by atoms with Crippen LogP contribution in [0, 0.1) is 13.8 Å². The lowest BCUT2D eigenvalue weighted by Gasteiger charge is -2.20. The third kappa shape index (κ3) is 3.54. The number of amides is 1. The summed E-state index contributed by atoms with van der Waals surface area (Å²) < 4.78 is 1.79. The summed E-state index contributed by atoms with van der Waals surface area (Å²) in [7, 11) is 1.83. The van der Waals surface area contributed by atoms with E-state index < -0.39 is 0 Å². The van der Waals surface area contributed by atoms with Crippen LogP contribution < -0.4 is 5.43 Å². The Kier molecular flexibility index (Phi) is 4.98. The van der Waals surface area contributed by atoms with Crippen molar-refractivity contribution in [2.24, 2.45) is 7.05 Å². The van der Waals surface area contributed by atoms with E-state index >= 15 is 0 Å². The minimum absolute atomic E-state index is 0.197. The SMILES string of the molecule is C=CCN(Cc1ccc(C)s1)C(=O)c1cn(C)c(C)cc1=O. The summed E-state index contributed by atoms with van der Waals surface area (Å²) in [5.74, 6) is -0.258. The van der Waals surface area contributed by atoms with Crippen molar-refractivity contribution >= 4 is 17.2 Å². The van der Waals surface area contributed by atoms with Gasteiger partial charge in [-0.3, -0.25) is 9.59 Å². The van der Waals surface area contributed by atoms with Crippen molar-refractivity contribution in [1.82, 2.24) is 9.47 Å². The second kappa shape index (κ2) is 6.75. The molecule has 0 radical (unpaired) electrons. The Morgan fingerprint density at radius 2 is 2.14 bits per heavy atom. The average Bonchev–Trinajstić information content (AvgIpc) is 2.87. The molecular weight excluding hydrogens is 296 g/mol. The fourth-order valence-corrected chi connectivity index (χ4v) is 3.10. The van der Waals surface area contributed by atoms with Gasteiger partial charge in [0.05, 0.1) is 6.54 Å². The van der Waals surface area contributed by atoms with Gasteiger partial charge < -0.3 is 9.47 Å². The molecule has 2 aromatic rings. The molecule has 22 heavy (non-hydrogen) atoms. The van der Waals surface area contributed by atoms with Crippen molar-refractivity contribution in [2.75, 3.05) is 6.54 Å². The Morgan fingerprint density at radius 1 is 1.41 bits per heavy atom. The molecule has 0 bridgehead atoms. The van der Waals surface area contributed by atoms with Crippen LogP contribution >= 0.6 is 11.3 Å². The lowest BCUT2D eigenvalue weighted by atomic mass is 10.2. The van der Waals surface area contributed by atoms with Crippen LogP contribution in [0.4, 0.5) is 0 Å². The lowest BCUT2D eigenvalue weighted by molar-refractivity contribution is 0.0762. The van der Waals surface area contributed by atoms with Gasteiger partial charge in [0.25, 0.3) is 5.91 Å². The molecule has 2 aromatic heterocycles. The van der Waals surface area contributed by atoms with Crippen molar-refractivity contribution in [1.29, 1.82) is 0 Å². The minimum Gasteiger partial charge on any atom is -0.354 e. The van der Waals surface area contributed by atoms with Crippen molar-refractivity contribution in [3.8, 4) is 0 Å². The first-order valence-electron chi connectivity index (χ1n) is 7.05. The molecule has 0 spiro atoms. The number of thiophene rings is 1. The van der Waals surface area contributed by atoms with E-state index in [9.17, 15) is 9.59 Å². The Hall–Kier alpha value is -2.14. The maximum absolute atomic E-state index is 12.7. The predicted octanol–water partition coefficient (Wildman–Crippen LogP) is 2.89. The fraction of sp³-hybridized carbons (Fsp3) is 0.294. The molecule has 0 aliphatic carbocycles. The molecule has 0 aliphatic heterocycles. The highest BCUT2D eigenvalue weighted by Gasteiger charge is 2.19. The molecule has 0 unspecified atom stereocenters. The summed E-state index contributed by atoms with van der Waals surface area (Å²) in [5, 5.41) is 0. The molecule has 2 heterocycles. The Balaban J connectivity index is 2.32. The van der Waals surface area contributed by atoms with Crippen molar-refractivity contribution < 1.29 is 4.79 Å². The largest absolute Gasteiger partial charge is 0.354 e. The molecule has 0 saturated carbocycles. The number of aromatic nitrogens is 1. The Bertz CT molecular complexity index is 758. The molecular formula is C17H20N2O2S. The number of rotatable bonds is 5. The Morgan fingerprint density at radius 3 is 2.73 bits per heavy atom. The maximum Gasteiger partial charge on any atom is 0.259 e. The van der Waals surface area contributed by atoms with Crippen LogP contribution in [-0.2, 0) is 13.6 Å². The smallest absolute Gasteiger partial charge is 0.259 e. The van der Waals surface area contributed by atoms with E-state index in [1.807, 2.05) is 33.0 Å². The lowest BCUT2D eigenvalue weighted by Crippen LogP contribution is -2.34. The summed E-state index contributed by atoms with van der Waals surface area (Å²) >= 11 is 1.65. The topological polar surface area (TPSA) is 42.3 Å². The summed E-state index contributed by atoms with van der Waals surface area (Å²) in [5.41, 5.74) is 0.783. The van der Waals surface area contributed by atoms with Crippen molar-refractivity contribution in [3.05, 3.63) is 68.3 Å². The van der Waals surface area contributed by atoms with Gasteiger partial charge in [-0.1, -0.05) is 6.08 Å². The van der Waals surface area contributed by atoms with Crippen LogP contribution in [0.2, 0.25) is 0 Å². The van der Waals surface area contributed by atoms with Crippen LogP contribution in [0.3, 0.4) is 0 Å². The average molecular weight is 316 g/mol. The second-order valence-electron chi connectivity index (χ2n) is 5.29. The number of carbonyl (C=O) groups is 1. The number of hydrogen-bond acceptors (Lipinski definition) is 3. The van der Waals surface area contributed by atoms with Gasteiger partial charge >= 0.3 is 0 Å². The van der Waals surface area contributed by atoms with Gasteiger partial charge in [0.15, 0.2) is 5.43 Å². The summed E-state index contributed by atoms with van der Waals surface area (Å²) in [6.07, 6.45) is 3.28. The zero-order valence-corrected chi connectivity index (χ0v) is 13.9. The molecule has 116 valence electrons. The normalized spacial score (nSPS) is 10.5. The van der Waals surface area contributed by atoms with Crippen molar-refractivity contribution in [3.63, 3.8) is 0 Å². The highest BCUT2D eigenvalue weighted by molar-refractivity contribution is 7.11. The third-order valence-corrected chi connectivity index (χ3v) is 4.48. The molecule has 4 nitrogen and oxygen atoms in total. The first kappa shape index (κ1) is 16.2. The molecule has 0 N–H and O–H groups in total. The molecule has 1 amide bonds. The first-order valence-corrected chi connectivity index (χ1v) is 7.86. The van der Waals surface area contributed by atoms with E-state index in [1.54, 1.807) is 33.1 Å². The molecule has 0 aromatic carbocycles. The second-order valence-corrected chi connectivity index (χ2v) is 6.66. The molecule has 0 aliphatic rings. The van der Waals surface area contributed by atoms with Crippen LogP contribution in [0.5, 0.6) is 0 Å². The Labute approximate surface area is 134 Å². The molecule has 5 heteroatoms. The quantitative estimate of drug-likeness (QED) is 0.796. The monoisotopic (exact) mass is 316 g/mol. The van der Waals surface area contributed by atoms with Gasteiger partial charge in [-0.05, 0) is 26.0 Å². The third-order valence-electron chi connectivity index (χ3n) is 3.49. The number of aryl methyl sites for hydroxylation is 3. The van der Waals surface area contributed by atoms with Crippen LogP contribution in [-0.4, -0.2) is 21.9 Å². The first-order chi connectivity index (χ1) is 10.4. The number of hydrogen-bond donors (Lipinski definition) is 0. The van der Waals surface area contributed by atoms with E-state index in [1.165, 1.54) is 10.9 Å². The standard InChI is InChI=1S/C17H20N2O2S/c1-5-8-19(10-14-7-6-13(3)22-14)17(21)15-11-18(4)12(2)9-16(15)20/h5-7,9,11H,1,8,10H2,2-4H3. The van der Waals surface area contributed by atoms with Gasteiger partial charge in [-0.2, -0.15) is 0 Å². The summed E-state index contributed by atoms with van der Waals surface area (Å²) in [4.78, 5) is 28.8. The van der Waals surface area contributed by atoms with Gasteiger partial charge in [0.2, 0.25) is 0 Å². The van der Waals surface area contributed by atoms with E-state index in [-0.39, 0.29) is 16.9 Å².